The van der Waals surface area contributed by atoms with Crippen molar-refractivity contribution in [2.75, 3.05) is 0 Å². The Bertz CT molecular complexity index is 569. The van der Waals surface area contributed by atoms with Crippen LogP contribution in [0.3, 0.4) is 0 Å². The molecule has 0 aliphatic carbocycles. The van der Waals surface area contributed by atoms with Crippen LogP contribution in [0.2, 0.25) is 0 Å². The molecular formula is C17H29N4+. The molecule has 0 bridgehead atoms. The van der Waals surface area contributed by atoms with Gasteiger partial charge in [-0.05, 0) is 5.11 Å². The van der Waals surface area contributed by atoms with Gasteiger partial charge in [-0.15, -0.1) is 0 Å². The largest absolute Gasteiger partial charge is 0.302 e. The number of nitrogens with zero attached hydrogens (tertiary/aromatic N) is 4. The summed E-state index contributed by atoms with van der Waals surface area (Å²) in [5, 5.41) is 4.96. The van der Waals surface area contributed by atoms with E-state index in [1.54, 1.807) is 6.34 Å². The summed E-state index contributed by atoms with van der Waals surface area (Å²) >= 11 is 0. The number of allylic oxidation sites excluding steroid dienone is 1. The van der Waals surface area contributed by atoms with Gasteiger partial charge in [-0.2, -0.15) is 4.99 Å². The molecule has 0 aromatic carbocycles. The van der Waals surface area contributed by atoms with Gasteiger partial charge in [-0.1, -0.05) is 46.2 Å². The second-order valence-corrected chi connectivity index (χ2v) is 8.99. The lowest BCUT2D eigenvalue weighted by atomic mass is 9.79. The first-order chi connectivity index (χ1) is 9.33. The second kappa shape index (κ2) is 4.59. The highest BCUT2D eigenvalue weighted by Crippen LogP contribution is 2.42. The Morgan fingerprint density at radius 1 is 0.905 bits per heavy atom. The Morgan fingerprint density at radius 3 is 1.90 bits per heavy atom. The van der Waals surface area contributed by atoms with Crippen molar-refractivity contribution in [3.63, 3.8) is 0 Å². The van der Waals surface area contributed by atoms with E-state index in [-0.39, 0.29) is 22.5 Å². The molecule has 0 fully saturated rings. The van der Waals surface area contributed by atoms with E-state index in [1.165, 1.54) is 5.57 Å². The van der Waals surface area contributed by atoms with Gasteiger partial charge in [-0.25, -0.2) is 4.99 Å². The molecule has 21 heavy (non-hydrogen) atoms. The maximum Gasteiger partial charge on any atom is 0.302 e. The second-order valence-electron chi connectivity index (χ2n) is 8.99. The molecule has 0 radical (unpaired) electrons. The molecule has 2 aliphatic rings. The fourth-order valence-corrected chi connectivity index (χ4v) is 2.73. The van der Waals surface area contributed by atoms with Crippen LogP contribution in [0.1, 0.15) is 62.3 Å². The van der Waals surface area contributed by atoms with Crippen molar-refractivity contribution in [3.05, 3.63) is 11.3 Å². The average Bonchev–Trinajstić information content (AvgIpc) is 2.65. The van der Waals surface area contributed by atoms with Gasteiger partial charge in [-0.3, -0.25) is 0 Å². The normalized spacial score (nSPS) is 23.2. The quantitative estimate of drug-likeness (QED) is 0.592. The van der Waals surface area contributed by atoms with Crippen LogP contribution in [-0.4, -0.2) is 28.5 Å². The molecule has 116 valence electrons. The lowest BCUT2D eigenvalue weighted by molar-refractivity contribution is -0.670. The lowest BCUT2D eigenvalue weighted by Gasteiger charge is -2.27. The van der Waals surface area contributed by atoms with Crippen LogP contribution in [0.4, 0.5) is 0 Å². The van der Waals surface area contributed by atoms with Crippen molar-refractivity contribution >= 4 is 12.1 Å². The number of azo groups is 2. The van der Waals surface area contributed by atoms with Crippen molar-refractivity contribution < 1.29 is 4.70 Å². The molecule has 2 heterocycles. The van der Waals surface area contributed by atoms with E-state index in [0.29, 0.717) is 0 Å². The van der Waals surface area contributed by atoms with Crippen molar-refractivity contribution in [2.24, 2.45) is 25.9 Å². The molecule has 2 rings (SSSR count). The molecule has 0 saturated heterocycles. The van der Waals surface area contributed by atoms with Gasteiger partial charge in [0.1, 0.15) is 12.0 Å². The van der Waals surface area contributed by atoms with Crippen LogP contribution in [0.5, 0.6) is 0 Å². The topological polar surface area (TPSA) is 40.1 Å². The smallest absolute Gasteiger partial charge is 0.240 e. The molecule has 2 aliphatic heterocycles. The standard InChI is InChI=1S/C17H29N4/c1-15(2,3)12-11-13(16(4,5)6)20-21(17(7,8)9)14(11)19-10-18-12/h10,14H,1-9H3/q+1. The molecule has 0 aromatic rings. The number of fused-ring (bicyclic) bond motifs is 1. The predicted molar refractivity (Wildman–Crippen MR) is 88.1 cm³/mol. The maximum atomic E-state index is 4.96. The maximum absolute atomic E-state index is 4.96. The molecule has 0 amide bonds. The number of rotatable bonds is 0. The van der Waals surface area contributed by atoms with E-state index in [1.807, 2.05) is 0 Å². The number of hydrogen-bond donors (Lipinski definition) is 0. The first-order valence-corrected chi connectivity index (χ1v) is 7.69. The molecule has 4 nitrogen and oxygen atoms in total. The van der Waals surface area contributed by atoms with Crippen LogP contribution in [0, 0.1) is 10.8 Å². The van der Waals surface area contributed by atoms with Gasteiger partial charge in [0.15, 0.2) is 5.54 Å². The minimum absolute atomic E-state index is 0.0140. The Morgan fingerprint density at radius 2 is 1.48 bits per heavy atom. The summed E-state index contributed by atoms with van der Waals surface area (Å²) in [5.41, 5.74) is 3.33. The van der Waals surface area contributed by atoms with Gasteiger partial charge < -0.3 is 0 Å². The average molecular weight is 289 g/mol. The van der Waals surface area contributed by atoms with Crippen LogP contribution < -0.4 is 0 Å². The zero-order chi connectivity index (χ0) is 16.2. The van der Waals surface area contributed by atoms with E-state index >= 15 is 0 Å². The monoisotopic (exact) mass is 289 g/mol. The van der Waals surface area contributed by atoms with Gasteiger partial charge in [0, 0.05) is 31.6 Å². The molecule has 0 N–H and O–H groups in total. The molecule has 0 aromatic heterocycles. The minimum Gasteiger partial charge on any atom is -0.240 e. The zero-order valence-corrected chi connectivity index (χ0v) is 14.9. The van der Waals surface area contributed by atoms with Crippen LogP contribution in [0.25, 0.3) is 0 Å². The Hall–Kier alpha value is -1.32. The first kappa shape index (κ1) is 16.1. The highest BCUT2D eigenvalue weighted by atomic mass is 15.4. The molecule has 4 heteroatoms. The molecule has 0 saturated carbocycles. The van der Waals surface area contributed by atoms with E-state index in [4.69, 9.17) is 5.11 Å². The van der Waals surface area contributed by atoms with E-state index in [2.05, 4.69) is 77.0 Å². The van der Waals surface area contributed by atoms with Crippen molar-refractivity contribution in [3.8, 4) is 0 Å². The van der Waals surface area contributed by atoms with Crippen LogP contribution in [-0.2, 0) is 0 Å². The number of aliphatic imine (C=N–C) groups is 2. The van der Waals surface area contributed by atoms with E-state index < -0.39 is 0 Å². The highest BCUT2D eigenvalue weighted by Gasteiger charge is 2.50. The summed E-state index contributed by atoms with van der Waals surface area (Å²) in [6, 6.07) is 0. The third kappa shape index (κ3) is 2.85. The van der Waals surface area contributed by atoms with Gasteiger partial charge in [0.2, 0.25) is 0 Å². The van der Waals surface area contributed by atoms with Crippen molar-refractivity contribution in [1.82, 2.24) is 0 Å². The van der Waals surface area contributed by atoms with Gasteiger partial charge in [0.05, 0.1) is 11.3 Å². The zero-order valence-electron chi connectivity index (χ0n) is 14.9. The fourth-order valence-electron chi connectivity index (χ4n) is 2.73. The molecule has 0 spiro atoms. The van der Waals surface area contributed by atoms with Crippen LogP contribution >= 0.6 is 0 Å². The minimum atomic E-state index is -0.0689. The van der Waals surface area contributed by atoms with E-state index in [0.717, 1.165) is 11.4 Å². The van der Waals surface area contributed by atoms with Crippen molar-refractivity contribution in [2.45, 2.75) is 74.0 Å². The predicted octanol–water partition coefficient (Wildman–Crippen LogP) is 4.42. The third-order valence-electron chi connectivity index (χ3n) is 3.71. The third-order valence-corrected chi connectivity index (χ3v) is 3.71. The summed E-state index contributed by atoms with van der Waals surface area (Å²) in [7, 11) is 0. The lowest BCUT2D eigenvalue weighted by Crippen LogP contribution is -2.41. The summed E-state index contributed by atoms with van der Waals surface area (Å²) in [6.07, 6.45) is 1.67. The first-order valence-electron chi connectivity index (χ1n) is 7.69. The van der Waals surface area contributed by atoms with Crippen molar-refractivity contribution in [1.29, 1.82) is 0 Å². The highest BCUT2D eigenvalue weighted by molar-refractivity contribution is 6.09. The fraction of sp³-hybridized carbons (Fsp3) is 0.765. The summed E-state index contributed by atoms with van der Waals surface area (Å²) in [6.45, 7) is 19.8. The molecular weight excluding hydrogens is 260 g/mol. The summed E-state index contributed by atoms with van der Waals surface area (Å²) in [5.74, 6) is 0. The van der Waals surface area contributed by atoms with Gasteiger partial charge in [0.25, 0.3) is 0 Å². The summed E-state index contributed by atoms with van der Waals surface area (Å²) in [4.78, 5) is 9.23. The van der Waals surface area contributed by atoms with Crippen LogP contribution in [0.15, 0.2) is 26.4 Å². The Kier molecular flexibility index (Phi) is 3.51. The Balaban J connectivity index is 2.66. The van der Waals surface area contributed by atoms with Gasteiger partial charge >= 0.3 is 6.17 Å². The summed E-state index contributed by atoms with van der Waals surface area (Å²) < 4.78 is 2.12. The Labute approximate surface area is 128 Å². The molecule has 1 atom stereocenters. The van der Waals surface area contributed by atoms with E-state index in [9.17, 15) is 0 Å². The molecule has 1 unspecified atom stereocenters. The number of hydrogen-bond acceptors (Lipinski definition) is 3. The SMILES string of the molecule is CC(C)(C)C1=NC=NC2C1=C(C(C)(C)C)N=[N+]2C(C)(C)C.